The third-order valence-electron chi connectivity index (χ3n) is 4.73. The Morgan fingerprint density at radius 1 is 1.14 bits per heavy atom. The van der Waals surface area contributed by atoms with Gasteiger partial charge in [-0.2, -0.15) is 0 Å². The first-order valence-electron chi connectivity index (χ1n) is 9.46. The summed E-state index contributed by atoms with van der Waals surface area (Å²) in [4.78, 5) is 12.4. The minimum absolute atomic E-state index is 0.172. The highest BCUT2D eigenvalue weighted by atomic mass is 32.2. The number of carbonyl (C=O) groups excluding carboxylic acids is 1. The van der Waals surface area contributed by atoms with Gasteiger partial charge in [-0.15, -0.1) is 0 Å². The number of hydrogen-bond acceptors (Lipinski definition) is 4. The van der Waals surface area contributed by atoms with Crippen molar-refractivity contribution >= 4 is 21.6 Å². The molecular formula is C21H26N2O4S. The van der Waals surface area contributed by atoms with Crippen LogP contribution >= 0.6 is 0 Å². The van der Waals surface area contributed by atoms with E-state index in [1.165, 1.54) is 4.31 Å². The number of anilines is 1. The van der Waals surface area contributed by atoms with Crippen LogP contribution in [-0.4, -0.2) is 39.3 Å². The molecule has 0 spiro atoms. The van der Waals surface area contributed by atoms with Crippen molar-refractivity contribution in [2.24, 2.45) is 0 Å². The van der Waals surface area contributed by atoms with Gasteiger partial charge in [-0.3, -0.25) is 9.10 Å². The minimum atomic E-state index is -3.25. The Balaban J connectivity index is 1.58. The molecule has 150 valence electrons. The molecule has 0 bridgehead atoms. The highest BCUT2D eigenvalue weighted by Gasteiger charge is 2.26. The number of sulfonamides is 1. The van der Waals surface area contributed by atoms with E-state index in [4.69, 9.17) is 4.74 Å². The minimum Gasteiger partial charge on any atom is -0.491 e. The first-order chi connectivity index (χ1) is 13.4. The van der Waals surface area contributed by atoms with Crippen molar-refractivity contribution in [2.75, 3.05) is 23.2 Å². The Kier molecular flexibility index (Phi) is 6.24. The number of carbonyl (C=O) groups is 1. The van der Waals surface area contributed by atoms with Crippen LogP contribution in [0.25, 0.3) is 0 Å². The summed E-state index contributed by atoms with van der Waals surface area (Å²) >= 11 is 0. The van der Waals surface area contributed by atoms with Gasteiger partial charge in [0.1, 0.15) is 12.4 Å². The van der Waals surface area contributed by atoms with E-state index in [0.717, 1.165) is 17.7 Å². The van der Waals surface area contributed by atoms with E-state index in [0.29, 0.717) is 30.8 Å². The molecule has 1 N–H and O–H groups in total. The van der Waals surface area contributed by atoms with Gasteiger partial charge < -0.3 is 10.1 Å². The monoisotopic (exact) mass is 402 g/mol. The van der Waals surface area contributed by atoms with E-state index in [9.17, 15) is 13.2 Å². The Labute approximate surface area is 166 Å². The van der Waals surface area contributed by atoms with Crippen molar-refractivity contribution in [1.82, 2.24) is 5.32 Å². The molecule has 28 heavy (non-hydrogen) atoms. The second-order valence-electron chi connectivity index (χ2n) is 7.09. The Hall–Kier alpha value is -2.54. The maximum atomic E-state index is 12.4. The first-order valence-corrected chi connectivity index (χ1v) is 11.1. The third kappa shape index (κ3) is 4.84. The smallest absolute Gasteiger partial charge is 0.251 e. The number of ether oxygens (including phenoxy) is 1. The summed E-state index contributed by atoms with van der Waals surface area (Å²) in [5.74, 6) is 0.762. The number of nitrogens with zero attached hydrogens (tertiary/aromatic N) is 1. The van der Waals surface area contributed by atoms with Crippen LogP contribution in [-0.2, 0) is 10.0 Å². The van der Waals surface area contributed by atoms with Crippen LogP contribution in [0, 0.1) is 6.92 Å². The van der Waals surface area contributed by atoms with E-state index >= 15 is 0 Å². The van der Waals surface area contributed by atoms with Crippen LogP contribution in [0.15, 0.2) is 48.5 Å². The number of nitrogens with one attached hydrogen (secondary N) is 1. The molecule has 1 aliphatic heterocycles. The molecule has 1 amide bonds. The lowest BCUT2D eigenvalue weighted by Crippen LogP contribution is -2.38. The first kappa shape index (κ1) is 20.2. The summed E-state index contributed by atoms with van der Waals surface area (Å²) in [5, 5.41) is 2.91. The molecule has 0 aromatic heterocycles. The van der Waals surface area contributed by atoms with E-state index in [2.05, 4.69) is 5.32 Å². The second-order valence-corrected chi connectivity index (χ2v) is 9.11. The van der Waals surface area contributed by atoms with E-state index < -0.39 is 10.0 Å². The summed E-state index contributed by atoms with van der Waals surface area (Å²) in [5.41, 5.74) is 2.14. The van der Waals surface area contributed by atoms with Crippen molar-refractivity contribution in [3.05, 3.63) is 59.7 Å². The van der Waals surface area contributed by atoms with Crippen molar-refractivity contribution in [3.63, 3.8) is 0 Å². The summed E-state index contributed by atoms with van der Waals surface area (Å²) in [6.07, 6.45) is 1.54. The topological polar surface area (TPSA) is 75.7 Å². The van der Waals surface area contributed by atoms with Gasteiger partial charge in [0.15, 0.2) is 0 Å². The number of para-hydroxylation sites is 1. The normalized spacial score (nSPS) is 17.0. The molecule has 1 heterocycles. The average Bonchev–Trinajstić information content (AvgIpc) is 2.67. The standard InChI is InChI=1S/C21H26N2O4S/c1-16-7-3-4-8-20(16)27-15-17(2)22-21(24)18-9-11-19(12-10-18)23-13-5-6-14-28(23,25)26/h3-4,7-12,17H,5-6,13-15H2,1-2H3,(H,22,24)/t17-/m1/s1. The molecule has 7 heteroatoms. The average molecular weight is 403 g/mol. The van der Waals surface area contributed by atoms with E-state index in [1.54, 1.807) is 24.3 Å². The van der Waals surface area contributed by atoms with Crippen molar-refractivity contribution < 1.29 is 17.9 Å². The fourth-order valence-corrected chi connectivity index (χ4v) is 4.78. The fourth-order valence-electron chi connectivity index (χ4n) is 3.14. The molecule has 1 fully saturated rings. The zero-order chi connectivity index (χ0) is 20.1. The second kappa shape index (κ2) is 8.65. The molecule has 1 atom stereocenters. The summed E-state index contributed by atoms with van der Waals surface area (Å²) in [7, 11) is -3.25. The number of rotatable bonds is 6. The molecule has 0 unspecified atom stereocenters. The summed E-state index contributed by atoms with van der Waals surface area (Å²) in [6.45, 7) is 4.70. The Bertz CT molecular complexity index is 926. The SMILES string of the molecule is Cc1ccccc1OC[C@@H](C)NC(=O)c1ccc(N2CCCCS2(=O)=O)cc1. The molecule has 3 rings (SSSR count). The molecule has 0 radical (unpaired) electrons. The zero-order valence-electron chi connectivity index (χ0n) is 16.2. The maximum absolute atomic E-state index is 12.4. The van der Waals surface area contributed by atoms with Gasteiger partial charge in [-0.25, -0.2) is 8.42 Å². The zero-order valence-corrected chi connectivity index (χ0v) is 17.0. The Morgan fingerprint density at radius 2 is 1.86 bits per heavy atom. The van der Waals surface area contributed by atoms with E-state index in [1.807, 2.05) is 38.1 Å². The van der Waals surface area contributed by atoms with Gasteiger partial charge in [0.25, 0.3) is 5.91 Å². The number of aryl methyl sites for hydroxylation is 1. The predicted molar refractivity (Wildman–Crippen MR) is 110 cm³/mol. The van der Waals surface area contributed by atoms with Crippen LogP contribution in [0.4, 0.5) is 5.69 Å². The molecule has 0 aliphatic carbocycles. The van der Waals surface area contributed by atoms with Crippen molar-refractivity contribution in [2.45, 2.75) is 32.7 Å². The highest BCUT2D eigenvalue weighted by Crippen LogP contribution is 2.23. The molecule has 2 aromatic carbocycles. The van der Waals surface area contributed by atoms with Gasteiger partial charge in [-0.1, -0.05) is 18.2 Å². The molecule has 2 aromatic rings. The predicted octanol–water partition coefficient (Wildman–Crippen LogP) is 3.12. The highest BCUT2D eigenvalue weighted by molar-refractivity contribution is 7.92. The lowest BCUT2D eigenvalue weighted by molar-refractivity contribution is 0.0926. The maximum Gasteiger partial charge on any atom is 0.251 e. The number of amides is 1. The Morgan fingerprint density at radius 3 is 2.54 bits per heavy atom. The largest absolute Gasteiger partial charge is 0.491 e. The van der Waals surface area contributed by atoms with Crippen molar-refractivity contribution in [3.8, 4) is 5.75 Å². The lowest BCUT2D eigenvalue weighted by Gasteiger charge is -2.28. The molecule has 1 saturated heterocycles. The van der Waals surface area contributed by atoms with Crippen LogP contribution < -0.4 is 14.4 Å². The molecular weight excluding hydrogens is 376 g/mol. The van der Waals surface area contributed by atoms with E-state index in [-0.39, 0.29) is 17.7 Å². The third-order valence-corrected chi connectivity index (χ3v) is 6.60. The van der Waals surface area contributed by atoms with Crippen LogP contribution in [0.3, 0.4) is 0 Å². The summed E-state index contributed by atoms with van der Waals surface area (Å²) < 4.78 is 31.6. The van der Waals surface area contributed by atoms with Gasteiger partial charge >= 0.3 is 0 Å². The van der Waals surface area contributed by atoms with Crippen LogP contribution in [0.1, 0.15) is 35.7 Å². The van der Waals surface area contributed by atoms with Crippen molar-refractivity contribution in [1.29, 1.82) is 0 Å². The summed E-state index contributed by atoms with van der Waals surface area (Å²) in [6, 6.07) is 14.3. The lowest BCUT2D eigenvalue weighted by atomic mass is 10.1. The molecule has 0 saturated carbocycles. The van der Waals surface area contributed by atoms with Crippen LogP contribution in [0.5, 0.6) is 5.75 Å². The number of benzene rings is 2. The molecule has 6 nitrogen and oxygen atoms in total. The van der Waals surface area contributed by atoms with Gasteiger partial charge in [0.05, 0.1) is 17.5 Å². The van der Waals surface area contributed by atoms with Crippen LogP contribution in [0.2, 0.25) is 0 Å². The molecule has 1 aliphatic rings. The van der Waals surface area contributed by atoms with Gasteiger partial charge in [0.2, 0.25) is 10.0 Å². The fraction of sp³-hybridized carbons (Fsp3) is 0.381. The number of hydrogen-bond donors (Lipinski definition) is 1. The quantitative estimate of drug-likeness (QED) is 0.806. The van der Waals surface area contributed by atoms with Gasteiger partial charge in [-0.05, 0) is 62.6 Å². The van der Waals surface area contributed by atoms with Gasteiger partial charge in [0, 0.05) is 12.1 Å².